The highest BCUT2D eigenvalue weighted by Crippen LogP contribution is 2.34. The molecule has 0 aliphatic heterocycles. The zero-order valence-corrected chi connectivity index (χ0v) is 16.6. The molecule has 2 aromatic heterocycles. The number of fused-ring (bicyclic) bond motifs is 1. The van der Waals surface area contributed by atoms with E-state index in [9.17, 15) is 18.0 Å². The van der Waals surface area contributed by atoms with Gasteiger partial charge < -0.3 is 14.3 Å². The van der Waals surface area contributed by atoms with E-state index in [4.69, 9.17) is 4.74 Å². The van der Waals surface area contributed by atoms with Crippen molar-refractivity contribution in [1.82, 2.24) is 9.55 Å². The van der Waals surface area contributed by atoms with Crippen LogP contribution in [0.25, 0.3) is 22.2 Å². The van der Waals surface area contributed by atoms with Crippen LogP contribution in [0.5, 0.6) is 11.5 Å². The maximum absolute atomic E-state index is 12.8. The minimum absolute atomic E-state index is 0.0720. The first-order valence-corrected chi connectivity index (χ1v) is 9.28. The summed E-state index contributed by atoms with van der Waals surface area (Å²) in [5, 5.41) is 0. The second-order valence-electron chi connectivity index (χ2n) is 7.32. The van der Waals surface area contributed by atoms with Gasteiger partial charge >= 0.3 is 6.18 Å². The maximum atomic E-state index is 12.8. The average molecular weight is 412 g/mol. The summed E-state index contributed by atoms with van der Waals surface area (Å²) in [4.78, 5) is 15.6. The highest BCUT2D eigenvalue weighted by atomic mass is 19.4. The van der Waals surface area contributed by atoms with Crippen molar-refractivity contribution in [3.05, 3.63) is 81.8 Å². The third-order valence-electron chi connectivity index (χ3n) is 5.00. The number of aromatic amines is 1. The van der Waals surface area contributed by atoms with Crippen LogP contribution in [0.15, 0.2) is 59.5 Å². The quantitative estimate of drug-likeness (QED) is 0.451. The number of hydrogen-bond donors (Lipinski definition) is 1. The van der Waals surface area contributed by atoms with E-state index in [1.807, 2.05) is 25.3 Å². The summed E-state index contributed by atoms with van der Waals surface area (Å²) in [6, 6.07) is 12.0. The lowest BCUT2D eigenvalue weighted by Gasteiger charge is -2.12. The summed E-state index contributed by atoms with van der Waals surface area (Å²) < 4.78 is 45.7. The Kier molecular flexibility index (Phi) is 4.68. The highest BCUT2D eigenvalue weighted by molar-refractivity contribution is 5.93. The molecule has 0 unspecified atom stereocenters. The SMILES string of the molecule is Cc1cc(Oc2ccc(C(F)(F)F)cc2)cc(-c2c[nH]c3cc(C)c(=O)n(C)c23)c1. The van der Waals surface area contributed by atoms with Crippen LogP contribution in [0.3, 0.4) is 0 Å². The fourth-order valence-electron chi connectivity index (χ4n) is 3.58. The second-order valence-corrected chi connectivity index (χ2v) is 7.32. The number of aryl methyl sites for hydroxylation is 3. The average Bonchev–Trinajstić information content (AvgIpc) is 3.09. The first-order chi connectivity index (χ1) is 14.1. The Morgan fingerprint density at radius 3 is 2.33 bits per heavy atom. The molecule has 1 N–H and O–H groups in total. The van der Waals surface area contributed by atoms with Gasteiger partial charge in [0.05, 0.1) is 16.6 Å². The predicted molar refractivity (Wildman–Crippen MR) is 110 cm³/mol. The van der Waals surface area contributed by atoms with Crippen molar-refractivity contribution < 1.29 is 17.9 Å². The lowest BCUT2D eigenvalue weighted by Crippen LogP contribution is -2.19. The van der Waals surface area contributed by atoms with Gasteiger partial charge in [-0.2, -0.15) is 13.2 Å². The summed E-state index contributed by atoms with van der Waals surface area (Å²) in [6.45, 7) is 3.67. The number of benzene rings is 2. The third kappa shape index (κ3) is 3.58. The molecule has 0 radical (unpaired) electrons. The number of alkyl halides is 3. The standard InChI is InChI=1S/C23H19F3N2O2/c1-13-8-15(19-12-27-20-10-14(2)22(29)28(3)21(19)20)11-18(9-13)30-17-6-4-16(5-7-17)23(24,25)26/h4-12,27H,1-3H3. The molecular formula is C23H19F3N2O2. The second kappa shape index (κ2) is 7.09. The Balaban J connectivity index is 1.74. The molecule has 0 aliphatic rings. The molecule has 0 amide bonds. The third-order valence-corrected chi connectivity index (χ3v) is 5.00. The molecule has 4 nitrogen and oxygen atoms in total. The Morgan fingerprint density at radius 1 is 0.967 bits per heavy atom. The number of hydrogen-bond acceptors (Lipinski definition) is 2. The lowest BCUT2D eigenvalue weighted by molar-refractivity contribution is -0.137. The van der Waals surface area contributed by atoms with Crippen LogP contribution in [-0.2, 0) is 13.2 Å². The minimum Gasteiger partial charge on any atom is -0.457 e. The summed E-state index contributed by atoms with van der Waals surface area (Å²) in [5.74, 6) is 0.803. The van der Waals surface area contributed by atoms with Crippen molar-refractivity contribution in [2.75, 3.05) is 0 Å². The summed E-state index contributed by atoms with van der Waals surface area (Å²) >= 11 is 0. The fourth-order valence-corrected chi connectivity index (χ4v) is 3.58. The minimum atomic E-state index is -4.39. The molecule has 7 heteroatoms. The van der Waals surface area contributed by atoms with Crippen molar-refractivity contribution in [3.63, 3.8) is 0 Å². The van der Waals surface area contributed by atoms with Crippen LogP contribution in [0.2, 0.25) is 0 Å². The molecule has 0 saturated heterocycles. The van der Waals surface area contributed by atoms with Gasteiger partial charge in [0, 0.05) is 24.4 Å². The van der Waals surface area contributed by atoms with Gasteiger partial charge in [-0.3, -0.25) is 4.79 Å². The van der Waals surface area contributed by atoms with E-state index >= 15 is 0 Å². The smallest absolute Gasteiger partial charge is 0.416 e. The van der Waals surface area contributed by atoms with E-state index in [-0.39, 0.29) is 5.56 Å². The van der Waals surface area contributed by atoms with Crippen LogP contribution in [0.1, 0.15) is 16.7 Å². The van der Waals surface area contributed by atoms with E-state index in [0.717, 1.165) is 39.9 Å². The first kappa shape index (κ1) is 19.8. The zero-order valence-electron chi connectivity index (χ0n) is 16.6. The largest absolute Gasteiger partial charge is 0.457 e. The van der Waals surface area contributed by atoms with Gasteiger partial charge in [-0.1, -0.05) is 6.07 Å². The molecule has 0 aliphatic carbocycles. The Morgan fingerprint density at radius 2 is 1.67 bits per heavy atom. The lowest BCUT2D eigenvalue weighted by atomic mass is 10.0. The van der Waals surface area contributed by atoms with Crippen molar-refractivity contribution in [1.29, 1.82) is 0 Å². The van der Waals surface area contributed by atoms with E-state index in [2.05, 4.69) is 4.98 Å². The number of ether oxygens (including phenoxy) is 1. The Labute approximate surface area is 170 Å². The summed E-state index contributed by atoms with van der Waals surface area (Å²) in [5.41, 5.74) is 4.06. The van der Waals surface area contributed by atoms with E-state index in [1.165, 1.54) is 12.1 Å². The number of aromatic nitrogens is 2. The van der Waals surface area contributed by atoms with Crippen molar-refractivity contribution >= 4 is 11.0 Å². The topological polar surface area (TPSA) is 47.0 Å². The molecule has 4 aromatic rings. The van der Waals surface area contributed by atoms with Crippen molar-refractivity contribution in [2.45, 2.75) is 20.0 Å². The number of nitrogens with zero attached hydrogens (tertiary/aromatic N) is 1. The van der Waals surface area contributed by atoms with Crippen LogP contribution in [0, 0.1) is 13.8 Å². The number of halogens is 3. The van der Waals surface area contributed by atoms with Gasteiger partial charge in [0.25, 0.3) is 5.56 Å². The maximum Gasteiger partial charge on any atom is 0.416 e. The molecule has 0 spiro atoms. The number of H-pyrrole nitrogens is 1. The van der Waals surface area contributed by atoms with Gasteiger partial charge in [0.2, 0.25) is 0 Å². The van der Waals surface area contributed by atoms with Crippen LogP contribution >= 0.6 is 0 Å². The zero-order chi connectivity index (χ0) is 21.6. The molecule has 0 atom stereocenters. The van der Waals surface area contributed by atoms with Gasteiger partial charge in [-0.15, -0.1) is 0 Å². The van der Waals surface area contributed by atoms with Crippen LogP contribution in [-0.4, -0.2) is 9.55 Å². The molecular weight excluding hydrogens is 393 g/mol. The van der Waals surface area contributed by atoms with Crippen molar-refractivity contribution in [3.8, 4) is 22.6 Å². The first-order valence-electron chi connectivity index (χ1n) is 9.28. The van der Waals surface area contributed by atoms with Gasteiger partial charge in [0.1, 0.15) is 11.5 Å². The molecule has 4 rings (SSSR count). The van der Waals surface area contributed by atoms with Gasteiger partial charge in [-0.05, 0) is 67.4 Å². The van der Waals surface area contributed by atoms with Crippen LogP contribution < -0.4 is 10.3 Å². The van der Waals surface area contributed by atoms with Gasteiger partial charge in [-0.25, -0.2) is 0 Å². The number of nitrogens with one attached hydrogen (secondary N) is 1. The molecule has 2 heterocycles. The molecule has 0 bridgehead atoms. The van der Waals surface area contributed by atoms with Crippen LogP contribution in [0.4, 0.5) is 13.2 Å². The summed E-state index contributed by atoms with van der Waals surface area (Å²) in [6.07, 6.45) is -2.56. The van der Waals surface area contributed by atoms with Gasteiger partial charge in [0.15, 0.2) is 0 Å². The number of rotatable bonds is 3. The fraction of sp³-hybridized carbons (Fsp3) is 0.174. The molecule has 154 valence electrons. The molecule has 2 aromatic carbocycles. The number of pyridine rings is 1. The van der Waals surface area contributed by atoms with E-state index < -0.39 is 11.7 Å². The Hall–Kier alpha value is -3.48. The normalized spacial score (nSPS) is 11.8. The summed E-state index contributed by atoms with van der Waals surface area (Å²) in [7, 11) is 1.73. The molecule has 0 saturated carbocycles. The van der Waals surface area contributed by atoms with E-state index in [1.54, 1.807) is 30.7 Å². The monoisotopic (exact) mass is 412 g/mol. The molecule has 30 heavy (non-hydrogen) atoms. The van der Waals surface area contributed by atoms with Crippen molar-refractivity contribution in [2.24, 2.45) is 7.05 Å². The Bertz CT molecular complexity index is 1300. The molecule has 0 fully saturated rings. The highest BCUT2D eigenvalue weighted by Gasteiger charge is 2.30. The van der Waals surface area contributed by atoms with E-state index in [0.29, 0.717) is 17.1 Å². The predicted octanol–water partition coefficient (Wildman–Crippen LogP) is 5.96.